The number of hydrogen-bond acceptors (Lipinski definition) is 7. The molecule has 158 valence electrons. The quantitative estimate of drug-likeness (QED) is 0.592. The number of hydrogen-bond donors (Lipinski definition) is 0. The molecule has 0 bridgehead atoms. The minimum atomic E-state index is -0.113. The summed E-state index contributed by atoms with van der Waals surface area (Å²) >= 11 is 2.99. The van der Waals surface area contributed by atoms with Gasteiger partial charge in [-0.05, 0) is 38.8 Å². The molecule has 4 heterocycles. The van der Waals surface area contributed by atoms with E-state index in [-0.39, 0.29) is 17.7 Å². The van der Waals surface area contributed by atoms with Crippen LogP contribution in [0.2, 0.25) is 0 Å². The second-order valence-electron chi connectivity index (χ2n) is 7.53. The zero-order chi connectivity index (χ0) is 21.3. The number of rotatable bonds is 5. The first-order chi connectivity index (χ1) is 14.4. The van der Waals surface area contributed by atoms with Crippen LogP contribution in [0.3, 0.4) is 0 Å². The van der Waals surface area contributed by atoms with Crippen LogP contribution in [0.4, 0.5) is 0 Å². The Bertz CT molecular complexity index is 1030. The van der Waals surface area contributed by atoms with Crippen molar-refractivity contribution in [2.45, 2.75) is 39.2 Å². The molecule has 0 spiro atoms. The van der Waals surface area contributed by atoms with Gasteiger partial charge in [0.25, 0.3) is 11.8 Å². The van der Waals surface area contributed by atoms with Crippen molar-refractivity contribution in [3.05, 3.63) is 55.8 Å². The Morgan fingerprint density at radius 3 is 2.67 bits per heavy atom. The van der Waals surface area contributed by atoms with Crippen molar-refractivity contribution < 1.29 is 14.0 Å². The van der Waals surface area contributed by atoms with Gasteiger partial charge in [0.2, 0.25) is 0 Å². The number of nitrogens with zero attached hydrogens (tertiary/aromatic N) is 4. The van der Waals surface area contributed by atoms with Gasteiger partial charge >= 0.3 is 0 Å². The van der Waals surface area contributed by atoms with Gasteiger partial charge in [0.05, 0.1) is 28.5 Å². The van der Waals surface area contributed by atoms with Crippen molar-refractivity contribution in [1.29, 1.82) is 0 Å². The molecule has 1 aliphatic heterocycles. The van der Waals surface area contributed by atoms with E-state index < -0.39 is 0 Å². The van der Waals surface area contributed by atoms with E-state index in [4.69, 9.17) is 4.42 Å². The van der Waals surface area contributed by atoms with Gasteiger partial charge in [-0.3, -0.25) is 9.59 Å². The van der Waals surface area contributed by atoms with E-state index in [0.717, 1.165) is 39.2 Å². The third kappa shape index (κ3) is 4.32. The van der Waals surface area contributed by atoms with Gasteiger partial charge in [-0.15, -0.1) is 22.7 Å². The third-order valence-electron chi connectivity index (χ3n) is 5.29. The highest BCUT2D eigenvalue weighted by Gasteiger charge is 2.29. The molecule has 1 saturated heterocycles. The maximum Gasteiger partial charge on any atom is 0.273 e. The number of amides is 2. The molecule has 7 nitrogen and oxygen atoms in total. The van der Waals surface area contributed by atoms with Gasteiger partial charge in [-0.1, -0.05) is 0 Å². The van der Waals surface area contributed by atoms with E-state index in [1.54, 1.807) is 18.2 Å². The second kappa shape index (κ2) is 8.69. The lowest BCUT2D eigenvalue weighted by Crippen LogP contribution is -2.37. The Hall–Kier alpha value is -2.52. The summed E-state index contributed by atoms with van der Waals surface area (Å²) in [4.78, 5) is 38.7. The monoisotopic (exact) mass is 444 g/mol. The zero-order valence-electron chi connectivity index (χ0n) is 17.3. The molecule has 0 aliphatic carbocycles. The van der Waals surface area contributed by atoms with Crippen LogP contribution in [0.25, 0.3) is 0 Å². The van der Waals surface area contributed by atoms with Crippen molar-refractivity contribution in [1.82, 2.24) is 19.8 Å². The minimum absolute atomic E-state index is 0.0751. The van der Waals surface area contributed by atoms with Crippen LogP contribution in [0.5, 0.6) is 0 Å². The Labute approximate surface area is 183 Å². The van der Waals surface area contributed by atoms with E-state index in [0.29, 0.717) is 25.3 Å². The molecule has 3 aromatic heterocycles. The van der Waals surface area contributed by atoms with Gasteiger partial charge in [0.15, 0.2) is 0 Å². The predicted molar refractivity (Wildman–Crippen MR) is 116 cm³/mol. The minimum Gasteiger partial charge on any atom is -0.467 e. The van der Waals surface area contributed by atoms with Crippen LogP contribution in [0, 0.1) is 13.8 Å². The molecule has 0 unspecified atom stereocenters. The number of aromatic nitrogens is 2. The molecule has 30 heavy (non-hydrogen) atoms. The second-order valence-corrected chi connectivity index (χ2v) is 9.62. The molecular weight excluding hydrogens is 420 g/mol. The molecule has 0 aromatic carbocycles. The fourth-order valence-corrected chi connectivity index (χ4v) is 5.53. The summed E-state index contributed by atoms with van der Waals surface area (Å²) in [5, 5.41) is 3.72. The first-order valence-electron chi connectivity index (χ1n) is 9.89. The fourth-order valence-electron chi connectivity index (χ4n) is 3.68. The molecule has 0 atom stereocenters. The SMILES string of the molecule is Cc1nc(C)c(C(=O)N2CCC(c3nc(C(=O)N(C)Cc4ccco4)cs3)CC2)s1. The molecule has 9 heteroatoms. The zero-order valence-corrected chi connectivity index (χ0v) is 18.9. The van der Waals surface area contributed by atoms with Gasteiger partial charge in [0.1, 0.15) is 16.3 Å². The number of likely N-dealkylation sites (tertiary alicyclic amines) is 1. The highest BCUT2D eigenvalue weighted by molar-refractivity contribution is 7.13. The molecule has 2 amide bonds. The van der Waals surface area contributed by atoms with Gasteiger partial charge in [-0.25, -0.2) is 9.97 Å². The maximum atomic E-state index is 12.8. The number of furan rings is 1. The van der Waals surface area contributed by atoms with E-state index in [1.807, 2.05) is 36.3 Å². The molecule has 0 saturated carbocycles. The Morgan fingerprint density at radius 1 is 1.27 bits per heavy atom. The summed E-state index contributed by atoms with van der Waals surface area (Å²) in [6, 6.07) is 3.66. The van der Waals surface area contributed by atoms with Gasteiger partial charge in [0, 0.05) is 31.4 Å². The maximum absolute atomic E-state index is 12.8. The van der Waals surface area contributed by atoms with E-state index in [1.165, 1.54) is 22.7 Å². The Balaban J connectivity index is 1.35. The molecule has 4 rings (SSSR count). The van der Waals surface area contributed by atoms with Crippen LogP contribution in [0.1, 0.15) is 60.4 Å². The van der Waals surface area contributed by atoms with E-state index >= 15 is 0 Å². The van der Waals surface area contributed by atoms with Crippen LogP contribution in [-0.4, -0.2) is 51.7 Å². The van der Waals surface area contributed by atoms with E-state index in [2.05, 4.69) is 9.97 Å². The summed E-state index contributed by atoms with van der Waals surface area (Å²) in [5.74, 6) is 0.980. The van der Waals surface area contributed by atoms with Crippen LogP contribution >= 0.6 is 22.7 Å². The average Bonchev–Trinajstić information content (AvgIpc) is 3.48. The Kier molecular flexibility index (Phi) is 6.01. The number of aryl methyl sites for hydroxylation is 2. The van der Waals surface area contributed by atoms with Crippen molar-refractivity contribution in [2.24, 2.45) is 0 Å². The largest absolute Gasteiger partial charge is 0.467 e. The highest BCUT2D eigenvalue weighted by atomic mass is 32.1. The third-order valence-corrected chi connectivity index (χ3v) is 7.36. The van der Waals surface area contributed by atoms with Crippen molar-refractivity contribution in [3.8, 4) is 0 Å². The lowest BCUT2D eigenvalue weighted by atomic mass is 9.97. The normalized spacial score (nSPS) is 14.8. The van der Waals surface area contributed by atoms with Gasteiger partial charge < -0.3 is 14.2 Å². The molecule has 0 radical (unpaired) electrons. The van der Waals surface area contributed by atoms with Crippen molar-refractivity contribution >= 4 is 34.5 Å². The topological polar surface area (TPSA) is 79.5 Å². The number of thiazole rings is 2. The molecule has 1 aliphatic rings. The van der Waals surface area contributed by atoms with Crippen LogP contribution in [-0.2, 0) is 6.54 Å². The summed E-state index contributed by atoms with van der Waals surface area (Å²) in [5.41, 5.74) is 1.28. The lowest BCUT2D eigenvalue weighted by molar-refractivity contribution is 0.0717. The summed E-state index contributed by atoms with van der Waals surface area (Å²) < 4.78 is 5.31. The van der Waals surface area contributed by atoms with E-state index in [9.17, 15) is 9.59 Å². The van der Waals surface area contributed by atoms with Crippen LogP contribution < -0.4 is 0 Å². The Morgan fingerprint density at radius 2 is 2.03 bits per heavy atom. The number of carbonyl (C=O) groups excluding carboxylic acids is 2. The molecule has 1 fully saturated rings. The van der Waals surface area contributed by atoms with Crippen LogP contribution in [0.15, 0.2) is 28.2 Å². The number of piperidine rings is 1. The fraction of sp³-hybridized carbons (Fsp3) is 0.429. The predicted octanol–water partition coefficient (Wildman–Crippen LogP) is 4.10. The summed E-state index contributed by atoms with van der Waals surface area (Å²) in [7, 11) is 1.75. The lowest BCUT2D eigenvalue weighted by Gasteiger charge is -2.30. The molecular formula is C21H24N4O3S2. The number of carbonyl (C=O) groups is 2. The molecule has 3 aromatic rings. The summed E-state index contributed by atoms with van der Waals surface area (Å²) in [6.07, 6.45) is 3.31. The van der Waals surface area contributed by atoms with Gasteiger partial charge in [-0.2, -0.15) is 0 Å². The van der Waals surface area contributed by atoms with Crippen molar-refractivity contribution in [3.63, 3.8) is 0 Å². The molecule has 0 N–H and O–H groups in total. The highest BCUT2D eigenvalue weighted by Crippen LogP contribution is 2.32. The summed E-state index contributed by atoms with van der Waals surface area (Å²) in [6.45, 7) is 5.62. The smallest absolute Gasteiger partial charge is 0.273 e. The standard InChI is InChI=1S/C21H24N4O3S2/c1-13-18(30-14(2)22-13)21(27)25-8-6-15(7-9-25)19-23-17(12-29-19)20(26)24(3)11-16-5-4-10-28-16/h4-5,10,12,15H,6-9,11H2,1-3H3. The first-order valence-corrected chi connectivity index (χ1v) is 11.6. The average molecular weight is 445 g/mol. The first kappa shape index (κ1) is 20.7. The van der Waals surface area contributed by atoms with Crippen molar-refractivity contribution in [2.75, 3.05) is 20.1 Å².